The third kappa shape index (κ3) is 23.8. The fourth-order valence-electron chi connectivity index (χ4n) is 0.589. The topological polar surface area (TPSA) is 88.1 Å². The van der Waals surface area contributed by atoms with Crippen LogP contribution in [-0.4, -0.2) is 46.9 Å². The van der Waals surface area contributed by atoms with E-state index in [4.69, 9.17) is 13.7 Å². The molecule has 7 nitrogen and oxygen atoms in total. The summed E-state index contributed by atoms with van der Waals surface area (Å²) in [7, 11) is 0. The Kier molecular flexibility index (Phi) is 27.8. The molecular formula is C8H24N4O3Ti. The number of nitrogens with zero attached hydrogens (tertiary/aromatic N) is 2. The van der Waals surface area contributed by atoms with Crippen LogP contribution in [0.2, 0.25) is 0 Å². The van der Waals surface area contributed by atoms with Crippen LogP contribution in [0.1, 0.15) is 27.7 Å². The monoisotopic (exact) mass is 272 g/mol. The molecule has 0 atom stereocenters. The summed E-state index contributed by atoms with van der Waals surface area (Å²) in [6.45, 7) is 10.4. The molecule has 0 spiro atoms. The van der Waals surface area contributed by atoms with Gasteiger partial charge in [-0.25, -0.2) is 10.9 Å². The van der Waals surface area contributed by atoms with Crippen LogP contribution in [-0.2, 0) is 23.7 Å². The van der Waals surface area contributed by atoms with E-state index in [-0.39, 0.29) is 0 Å². The maximum absolute atomic E-state index is 8.58. The molecule has 0 aromatic heterocycles. The average Bonchev–Trinajstić information content (AvgIpc) is 2.33. The van der Waals surface area contributed by atoms with Gasteiger partial charge in [-0.2, -0.15) is 0 Å². The van der Waals surface area contributed by atoms with Crippen molar-refractivity contribution in [2.75, 3.05) is 26.2 Å². The normalized spacial score (nSPS) is 9.19. The molecule has 0 aliphatic carbocycles. The van der Waals surface area contributed by atoms with Gasteiger partial charge in [-0.05, 0) is 13.8 Å². The number of hydrogen-bond donors (Lipinski definition) is 4. The first-order chi connectivity index (χ1) is 7.62. The third-order valence-electron chi connectivity index (χ3n) is 1.28. The molecule has 16 heavy (non-hydrogen) atoms. The SMILES string of the molecule is CCNN(O)CC.CCNN(O)CC.[O]=[Ti]. The molecule has 4 N–H and O–H groups in total. The first kappa shape index (κ1) is 21.5. The van der Waals surface area contributed by atoms with Gasteiger partial charge in [0.2, 0.25) is 0 Å². The van der Waals surface area contributed by atoms with Gasteiger partial charge in [-0.1, -0.05) is 13.8 Å². The first-order valence-electron chi connectivity index (χ1n) is 5.22. The van der Waals surface area contributed by atoms with Crippen molar-refractivity contribution >= 4 is 0 Å². The number of hydroxylamine groups is 2. The van der Waals surface area contributed by atoms with Crippen molar-refractivity contribution in [2.24, 2.45) is 0 Å². The van der Waals surface area contributed by atoms with E-state index in [0.717, 1.165) is 43.8 Å². The van der Waals surface area contributed by atoms with Crippen LogP contribution in [0.5, 0.6) is 0 Å². The standard InChI is InChI=1S/2C4H12N2O.O.Ti/c2*1-3-5-6(7)4-2;;/h2*5,7H,3-4H2,1-2H3;;. The zero-order valence-electron chi connectivity index (χ0n) is 10.5. The number of nitrogens with one attached hydrogen (secondary N) is 2. The van der Waals surface area contributed by atoms with Gasteiger partial charge in [0.25, 0.3) is 0 Å². The Morgan fingerprint density at radius 1 is 0.875 bits per heavy atom. The van der Waals surface area contributed by atoms with Crippen LogP contribution in [0.3, 0.4) is 0 Å². The van der Waals surface area contributed by atoms with Gasteiger partial charge < -0.3 is 0 Å². The van der Waals surface area contributed by atoms with E-state index in [2.05, 4.69) is 10.9 Å². The summed E-state index contributed by atoms with van der Waals surface area (Å²) in [4.78, 5) is 0. The van der Waals surface area contributed by atoms with Crippen LogP contribution < -0.4 is 10.9 Å². The zero-order valence-corrected chi connectivity index (χ0v) is 12.1. The molecule has 0 bridgehead atoms. The van der Waals surface area contributed by atoms with Crippen LogP contribution in [0, 0.1) is 0 Å². The van der Waals surface area contributed by atoms with Gasteiger partial charge in [0.1, 0.15) is 0 Å². The molecule has 0 aliphatic rings. The van der Waals surface area contributed by atoms with E-state index < -0.39 is 0 Å². The Bertz CT molecular complexity index is 111. The number of hydrazine groups is 2. The molecule has 0 heterocycles. The van der Waals surface area contributed by atoms with Crippen molar-refractivity contribution in [3.63, 3.8) is 0 Å². The molecule has 0 amide bonds. The molecule has 0 aromatic carbocycles. The molecule has 8 heteroatoms. The van der Waals surface area contributed by atoms with Crippen molar-refractivity contribution in [1.82, 2.24) is 21.2 Å². The number of rotatable bonds is 6. The Morgan fingerprint density at radius 2 is 1.12 bits per heavy atom. The Hall–Kier alpha value is 0.274. The second-order valence-corrected chi connectivity index (χ2v) is 2.45. The third-order valence-corrected chi connectivity index (χ3v) is 1.28. The second-order valence-electron chi connectivity index (χ2n) is 2.45. The average molecular weight is 272 g/mol. The van der Waals surface area contributed by atoms with Crippen molar-refractivity contribution in [2.45, 2.75) is 27.7 Å². The van der Waals surface area contributed by atoms with Gasteiger partial charge in [-0.3, -0.25) is 10.4 Å². The molecule has 0 rings (SSSR count). The van der Waals surface area contributed by atoms with Crippen LogP contribution in [0.15, 0.2) is 0 Å². The summed E-state index contributed by atoms with van der Waals surface area (Å²) in [6.07, 6.45) is 0. The molecule has 0 radical (unpaired) electrons. The fraction of sp³-hybridized carbons (Fsp3) is 1.00. The predicted molar refractivity (Wildman–Crippen MR) is 56.4 cm³/mol. The van der Waals surface area contributed by atoms with E-state index in [1.807, 2.05) is 27.7 Å². The Morgan fingerprint density at radius 3 is 1.19 bits per heavy atom. The van der Waals surface area contributed by atoms with E-state index >= 15 is 0 Å². The molecule has 0 fully saturated rings. The first-order valence-corrected chi connectivity index (χ1v) is 5.86. The summed E-state index contributed by atoms with van der Waals surface area (Å²) in [6, 6.07) is 0. The van der Waals surface area contributed by atoms with Gasteiger partial charge >= 0.3 is 23.7 Å². The molecule has 0 aromatic rings. The minimum atomic E-state index is 0.619. The quantitative estimate of drug-likeness (QED) is 0.409. The van der Waals surface area contributed by atoms with Gasteiger partial charge in [0, 0.05) is 26.2 Å². The zero-order chi connectivity index (χ0) is 13.4. The van der Waals surface area contributed by atoms with Gasteiger partial charge in [0.15, 0.2) is 0 Å². The molecule has 0 saturated heterocycles. The van der Waals surface area contributed by atoms with E-state index in [1.165, 1.54) is 0 Å². The Labute approximate surface area is 109 Å². The molecule has 0 unspecified atom stereocenters. The van der Waals surface area contributed by atoms with Crippen molar-refractivity contribution in [1.29, 1.82) is 0 Å². The molecule has 0 saturated carbocycles. The predicted octanol–water partition coefficient (Wildman–Crippen LogP) is 0.323. The molecular weight excluding hydrogens is 248 g/mol. The Balaban J connectivity index is -0.000000183. The second kappa shape index (κ2) is 20.7. The van der Waals surface area contributed by atoms with Crippen molar-refractivity contribution in [3.05, 3.63) is 0 Å². The summed E-state index contributed by atoms with van der Waals surface area (Å²) < 4.78 is 8.25. The van der Waals surface area contributed by atoms with Crippen LogP contribution in [0.4, 0.5) is 0 Å². The van der Waals surface area contributed by atoms with E-state index in [0.29, 0.717) is 13.1 Å². The van der Waals surface area contributed by atoms with Crippen LogP contribution >= 0.6 is 0 Å². The van der Waals surface area contributed by atoms with E-state index in [1.54, 1.807) is 0 Å². The molecule has 98 valence electrons. The van der Waals surface area contributed by atoms with Gasteiger partial charge in [-0.15, -0.1) is 10.3 Å². The maximum atomic E-state index is 8.58. The van der Waals surface area contributed by atoms with Crippen LogP contribution in [0.25, 0.3) is 0 Å². The van der Waals surface area contributed by atoms with Gasteiger partial charge in [0.05, 0.1) is 0 Å². The van der Waals surface area contributed by atoms with Crippen molar-refractivity contribution < 1.29 is 34.1 Å². The summed E-state index contributed by atoms with van der Waals surface area (Å²) in [5.41, 5.74) is 5.37. The molecule has 0 aliphatic heterocycles. The minimum absolute atomic E-state index is 0.619. The van der Waals surface area contributed by atoms with Crippen molar-refractivity contribution in [3.8, 4) is 0 Å². The van der Waals surface area contributed by atoms with E-state index in [9.17, 15) is 0 Å². The summed E-state index contributed by atoms with van der Waals surface area (Å²) >= 11 is 0.750. The number of hydrogen-bond acceptors (Lipinski definition) is 7. The summed E-state index contributed by atoms with van der Waals surface area (Å²) in [5.74, 6) is 0. The summed E-state index contributed by atoms with van der Waals surface area (Å²) in [5, 5.41) is 19.3. The fourth-order valence-corrected chi connectivity index (χ4v) is 0.589.